The van der Waals surface area contributed by atoms with E-state index in [1.54, 1.807) is 7.11 Å². The molecular weight excluding hydrogens is 348 g/mol. The number of hydrogen-bond acceptors (Lipinski definition) is 3. The maximum absolute atomic E-state index is 10.8. The standard InChI is InChI=1S/C25H32O3/c1-17-13-24(4,5)15-25(14-17,20-7-9-22(27-6)18(2)11-20)21-8-10-23(28-16-26)19(3)12-21/h7-12,16-17H,13-15H2,1-6H3. The molecule has 3 rings (SSSR count). The first-order valence-corrected chi connectivity index (χ1v) is 10.1. The minimum Gasteiger partial charge on any atom is -0.496 e. The van der Waals surface area contributed by atoms with Gasteiger partial charge in [-0.3, -0.25) is 4.79 Å². The van der Waals surface area contributed by atoms with Crippen LogP contribution in [-0.4, -0.2) is 13.6 Å². The molecule has 1 aliphatic rings. The van der Waals surface area contributed by atoms with Crippen molar-refractivity contribution in [3.05, 3.63) is 58.7 Å². The molecule has 1 aliphatic carbocycles. The van der Waals surface area contributed by atoms with Gasteiger partial charge in [-0.15, -0.1) is 0 Å². The van der Waals surface area contributed by atoms with E-state index in [0.29, 0.717) is 18.1 Å². The Kier molecular flexibility index (Phi) is 5.56. The first-order chi connectivity index (χ1) is 13.2. The Labute approximate surface area is 169 Å². The summed E-state index contributed by atoms with van der Waals surface area (Å²) in [6.45, 7) is 11.7. The van der Waals surface area contributed by atoms with Crippen LogP contribution in [0.25, 0.3) is 0 Å². The second-order valence-corrected chi connectivity index (χ2v) is 9.32. The second kappa shape index (κ2) is 7.62. The van der Waals surface area contributed by atoms with Crippen molar-refractivity contribution in [2.75, 3.05) is 7.11 Å². The van der Waals surface area contributed by atoms with Crippen molar-refractivity contribution in [2.24, 2.45) is 11.3 Å². The molecule has 2 atom stereocenters. The SMILES string of the molecule is COc1ccc(C2(c3ccc(OC=O)c(C)c3)CC(C)CC(C)(C)C2)cc1C. The highest BCUT2D eigenvalue weighted by Crippen LogP contribution is 2.54. The summed E-state index contributed by atoms with van der Waals surface area (Å²) < 4.78 is 10.6. The zero-order valence-corrected chi connectivity index (χ0v) is 18.0. The maximum atomic E-state index is 10.8. The van der Waals surface area contributed by atoms with Crippen LogP contribution < -0.4 is 9.47 Å². The van der Waals surface area contributed by atoms with Gasteiger partial charge >= 0.3 is 0 Å². The van der Waals surface area contributed by atoms with E-state index in [0.717, 1.165) is 29.7 Å². The number of carbonyl (C=O) groups excluding carboxylic acids is 1. The van der Waals surface area contributed by atoms with Crippen molar-refractivity contribution >= 4 is 6.47 Å². The lowest BCUT2D eigenvalue weighted by Gasteiger charge is -2.49. The van der Waals surface area contributed by atoms with E-state index >= 15 is 0 Å². The molecule has 1 fully saturated rings. The third kappa shape index (κ3) is 3.80. The monoisotopic (exact) mass is 380 g/mol. The molecule has 1 saturated carbocycles. The van der Waals surface area contributed by atoms with Gasteiger partial charge in [0.2, 0.25) is 0 Å². The van der Waals surface area contributed by atoms with Gasteiger partial charge in [0.15, 0.2) is 0 Å². The minimum absolute atomic E-state index is 0.0668. The van der Waals surface area contributed by atoms with E-state index in [1.165, 1.54) is 17.5 Å². The molecule has 0 amide bonds. The zero-order chi connectivity index (χ0) is 20.5. The number of aryl methyl sites for hydroxylation is 2. The van der Waals surface area contributed by atoms with E-state index < -0.39 is 0 Å². The molecule has 0 spiro atoms. The average molecular weight is 381 g/mol. The van der Waals surface area contributed by atoms with E-state index in [1.807, 2.05) is 13.0 Å². The van der Waals surface area contributed by atoms with Crippen LogP contribution >= 0.6 is 0 Å². The Morgan fingerprint density at radius 1 is 0.964 bits per heavy atom. The summed E-state index contributed by atoms with van der Waals surface area (Å²) in [5, 5.41) is 0. The Morgan fingerprint density at radius 3 is 2.00 bits per heavy atom. The molecule has 0 saturated heterocycles. The maximum Gasteiger partial charge on any atom is 0.298 e. The van der Waals surface area contributed by atoms with Crippen LogP contribution in [0.15, 0.2) is 36.4 Å². The first kappa shape index (κ1) is 20.4. The zero-order valence-electron chi connectivity index (χ0n) is 18.0. The van der Waals surface area contributed by atoms with Crippen molar-refractivity contribution in [1.29, 1.82) is 0 Å². The lowest BCUT2D eigenvalue weighted by atomic mass is 9.55. The van der Waals surface area contributed by atoms with Crippen LogP contribution in [-0.2, 0) is 10.2 Å². The minimum atomic E-state index is -0.0668. The van der Waals surface area contributed by atoms with Crippen LogP contribution in [0.1, 0.15) is 62.3 Å². The highest BCUT2D eigenvalue weighted by molar-refractivity contribution is 5.52. The average Bonchev–Trinajstić information content (AvgIpc) is 2.61. The molecule has 2 unspecified atom stereocenters. The highest BCUT2D eigenvalue weighted by atomic mass is 16.5. The number of rotatable bonds is 5. The fourth-order valence-corrected chi connectivity index (χ4v) is 5.49. The van der Waals surface area contributed by atoms with Crippen LogP contribution in [0.4, 0.5) is 0 Å². The van der Waals surface area contributed by atoms with Gasteiger partial charge in [0, 0.05) is 5.41 Å². The van der Waals surface area contributed by atoms with Crippen LogP contribution in [0, 0.1) is 25.2 Å². The van der Waals surface area contributed by atoms with Gasteiger partial charge < -0.3 is 9.47 Å². The Bertz CT molecular complexity index is 868. The summed E-state index contributed by atoms with van der Waals surface area (Å²) in [5.41, 5.74) is 4.97. The van der Waals surface area contributed by atoms with Crippen LogP contribution in [0.2, 0.25) is 0 Å². The van der Waals surface area contributed by atoms with Gasteiger partial charge in [-0.25, -0.2) is 0 Å². The number of hydrogen-bond donors (Lipinski definition) is 0. The van der Waals surface area contributed by atoms with Crippen molar-refractivity contribution in [3.8, 4) is 11.5 Å². The number of benzene rings is 2. The fourth-order valence-electron chi connectivity index (χ4n) is 5.49. The van der Waals surface area contributed by atoms with Crippen molar-refractivity contribution in [2.45, 2.75) is 59.3 Å². The molecule has 2 aromatic rings. The molecule has 0 aliphatic heterocycles. The molecule has 150 valence electrons. The molecular formula is C25H32O3. The molecule has 3 nitrogen and oxygen atoms in total. The molecule has 0 radical (unpaired) electrons. The van der Waals surface area contributed by atoms with Crippen molar-refractivity contribution in [3.63, 3.8) is 0 Å². The summed E-state index contributed by atoms with van der Waals surface area (Å²) >= 11 is 0. The smallest absolute Gasteiger partial charge is 0.298 e. The number of carbonyl (C=O) groups is 1. The third-order valence-corrected chi connectivity index (χ3v) is 6.23. The lowest BCUT2D eigenvalue weighted by molar-refractivity contribution is -0.120. The highest BCUT2D eigenvalue weighted by Gasteiger charge is 2.45. The molecule has 28 heavy (non-hydrogen) atoms. The summed E-state index contributed by atoms with van der Waals surface area (Å²) in [6.07, 6.45) is 3.42. The van der Waals surface area contributed by atoms with Crippen molar-refractivity contribution in [1.82, 2.24) is 0 Å². The Morgan fingerprint density at radius 2 is 1.54 bits per heavy atom. The van der Waals surface area contributed by atoms with Gasteiger partial charge in [-0.1, -0.05) is 45.0 Å². The van der Waals surface area contributed by atoms with Crippen molar-refractivity contribution < 1.29 is 14.3 Å². The van der Waals surface area contributed by atoms with Gasteiger partial charge in [0.05, 0.1) is 7.11 Å². The normalized spacial score (nSPS) is 23.9. The molecule has 0 aromatic heterocycles. The quantitative estimate of drug-likeness (QED) is 0.599. The number of ether oxygens (including phenoxy) is 2. The van der Waals surface area contributed by atoms with Crippen LogP contribution in [0.3, 0.4) is 0 Å². The van der Waals surface area contributed by atoms with Gasteiger partial charge in [-0.2, -0.15) is 0 Å². The third-order valence-electron chi connectivity index (χ3n) is 6.23. The Hall–Kier alpha value is -2.29. The van der Waals surface area contributed by atoms with E-state index in [2.05, 4.69) is 58.0 Å². The Balaban J connectivity index is 2.19. The summed E-state index contributed by atoms with van der Waals surface area (Å²) in [5.74, 6) is 2.17. The predicted molar refractivity (Wildman–Crippen MR) is 113 cm³/mol. The topological polar surface area (TPSA) is 35.5 Å². The van der Waals surface area contributed by atoms with Gasteiger partial charge in [0.25, 0.3) is 6.47 Å². The predicted octanol–water partition coefficient (Wildman–Crippen LogP) is 5.98. The molecule has 0 N–H and O–H groups in total. The second-order valence-electron chi connectivity index (χ2n) is 9.32. The molecule has 0 heterocycles. The lowest BCUT2D eigenvalue weighted by Crippen LogP contribution is -2.41. The fraction of sp³-hybridized carbons (Fsp3) is 0.480. The molecule has 3 heteroatoms. The van der Waals surface area contributed by atoms with E-state index in [4.69, 9.17) is 9.47 Å². The van der Waals surface area contributed by atoms with E-state index in [-0.39, 0.29) is 10.8 Å². The summed E-state index contributed by atoms with van der Waals surface area (Å²) in [7, 11) is 1.72. The largest absolute Gasteiger partial charge is 0.496 e. The van der Waals surface area contributed by atoms with Gasteiger partial charge in [0.1, 0.15) is 11.5 Å². The summed E-state index contributed by atoms with van der Waals surface area (Å²) in [4.78, 5) is 10.8. The van der Waals surface area contributed by atoms with Crippen LogP contribution in [0.5, 0.6) is 11.5 Å². The molecule has 2 aromatic carbocycles. The summed E-state index contributed by atoms with van der Waals surface area (Å²) in [6, 6.07) is 12.9. The number of methoxy groups -OCH3 is 1. The first-order valence-electron chi connectivity index (χ1n) is 10.1. The van der Waals surface area contributed by atoms with E-state index in [9.17, 15) is 4.79 Å². The van der Waals surface area contributed by atoms with Gasteiger partial charge in [-0.05, 0) is 78.8 Å². The molecule has 0 bridgehead atoms.